The third kappa shape index (κ3) is 5.47. The molecule has 1 heterocycles. The van der Waals surface area contributed by atoms with E-state index in [4.69, 9.17) is 9.47 Å². The van der Waals surface area contributed by atoms with Crippen LogP contribution in [0, 0.1) is 0 Å². The number of pyridine rings is 1. The molecule has 84 valence electrons. The van der Waals surface area contributed by atoms with Gasteiger partial charge >= 0.3 is 0 Å². The zero-order valence-corrected chi connectivity index (χ0v) is 8.93. The second-order valence-corrected chi connectivity index (χ2v) is 3.25. The molecule has 1 atom stereocenters. The molecule has 0 aliphatic heterocycles. The Hall–Kier alpha value is -0.970. The first-order chi connectivity index (χ1) is 7.33. The van der Waals surface area contributed by atoms with Gasteiger partial charge in [0.1, 0.15) is 0 Å². The molecule has 1 unspecified atom stereocenters. The van der Waals surface area contributed by atoms with Gasteiger partial charge in [0.25, 0.3) is 0 Å². The summed E-state index contributed by atoms with van der Waals surface area (Å²) < 4.78 is 10.0. The highest BCUT2D eigenvalue weighted by atomic mass is 16.5. The van der Waals surface area contributed by atoms with Crippen LogP contribution in [-0.4, -0.2) is 43.1 Å². The minimum Gasteiger partial charge on any atom is -0.390 e. The maximum atomic E-state index is 9.60. The Labute approximate surface area is 89.9 Å². The predicted molar refractivity (Wildman–Crippen MR) is 56.6 cm³/mol. The van der Waals surface area contributed by atoms with Crippen LogP contribution < -0.4 is 0 Å². The van der Waals surface area contributed by atoms with E-state index in [1.54, 1.807) is 13.3 Å². The number of hydrogen-bond acceptors (Lipinski definition) is 4. The molecule has 0 bridgehead atoms. The van der Waals surface area contributed by atoms with Crippen LogP contribution in [0.15, 0.2) is 24.4 Å². The number of rotatable bonds is 7. The van der Waals surface area contributed by atoms with Crippen molar-refractivity contribution < 1.29 is 14.6 Å². The third-order valence-electron chi connectivity index (χ3n) is 1.91. The molecule has 0 aliphatic rings. The summed E-state index contributed by atoms with van der Waals surface area (Å²) in [5.74, 6) is 0. The fourth-order valence-corrected chi connectivity index (χ4v) is 1.18. The van der Waals surface area contributed by atoms with E-state index in [0.29, 0.717) is 26.2 Å². The Morgan fingerprint density at radius 2 is 2.27 bits per heavy atom. The highest BCUT2D eigenvalue weighted by molar-refractivity contribution is 5.04. The number of aliphatic hydroxyl groups excluding tert-OH is 1. The van der Waals surface area contributed by atoms with Crippen LogP contribution in [0.1, 0.15) is 5.69 Å². The lowest BCUT2D eigenvalue weighted by Gasteiger charge is -2.10. The fourth-order valence-electron chi connectivity index (χ4n) is 1.18. The topological polar surface area (TPSA) is 51.6 Å². The maximum Gasteiger partial charge on any atom is 0.0828 e. The van der Waals surface area contributed by atoms with Crippen LogP contribution in [0.5, 0.6) is 0 Å². The standard InChI is InChI=1S/C11H17NO3/c1-14-6-7-15-9-11(13)8-10-4-2-3-5-12-10/h2-5,11,13H,6-9H2,1H3. The Morgan fingerprint density at radius 1 is 1.40 bits per heavy atom. The summed E-state index contributed by atoms with van der Waals surface area (Å²) >= 11 is 0. The van der Waals surface area contributed by atoms with Crippen molar-refractivity contribution in [3.05, 3.63) is 30.1 Å². The molecule has 1 aromatic rings. The number of methoxy groups -OCH3 is 1. The van der Waals surface area contributed by atoms with Crippen molar-refractivity contribution in [1.82, 2.24) is 4.98 Å². The number of aromatic nitrogens is 1. The van der Waals surface area contributed by atoms with Crippen LogP contribution in [0.4, 0.5) is 0 Å². The van der Waals surface area contributed by atoms with Crippen LogP contribution in [-0.2, 0) is 15.9 Å². The monoisotopic (exact) mass is 211 g/mol. The number of nitrogens with zero attached hydrogens (tertiary/aromatic N) is 1. The van der Waals surface area contributed by atoms with Gasteiger partial charge in [0.15, 0.2) is 0 Å². The van der Waals surface area contributed by atoms with Crippen molar-refractivity contribution in [3.8, 4) is 0 Å². The fraction of sp³-hybridized carbons (Fsp3) is 0.545. The van der Waals surface area contributed by atoms with E-state index in [9.17, 15) is 5.11 Å². The largest absolute Gasteiger partial charge is 0.390 e. The second-order valence-electron chi connectivity index (χ2n) is 3.25. The van der Waals surface area contributed by atoms with E-state index in [-0.39, 0.29) is 0 Å². The van der Waals surface area contributed by atoms with Crippen LogP contribution in [0.3, 0.4) is 0 Å². The minimum absolute atomic E-state index is 0.319. The van der Waals surface area contributed by atoms with Crippen molar-refractivity contribution in [2.24, 2.45) is 0 Å². The maximum absolute atomic E-state index is 9.60. The zero-order chi connectivity index (χ0) is 10.9. The number of aliphatic hydroxyl groups is 1. The molecule has 0 aliphatic carbocycles. The summed E-state index contributed by atoms with van der Waals surface area (Å²) in [7, 11) is 1.62. The van der Waals surface area contributed by atoms with E-state index < -0.39 is 6.10 Å². The lowest BCUT2D eigenvalue weighted by molar-refractivity contribution is 0.0134. The molecule has 0 saturated carbocycles. The van der Waals surface area contributed by atoms with E-state index in [1.165, 1.54) is 0 Å². The molecule has 0 saturated heterocycles. The number of hydrogen-bond donors (Lipinski definition) is 1. The van der Waals surface area contributed by atoms with Crippen LogP contribution in [0.25, 0.3) is 0 Å². The molecular weight excluding hydrogens is 194 g/mol. The molecule has 15 heavy (non-hydrogen) atoms. The van der Waals surface area contributed by atoms with Crippen molar-refractivity contribution in [2.45, 2.75) is 12.5 Å². The van der Waals surface area contributed by atoms with E-state index >= 15 is 0 Å². The first kappa shape index (κ1) is 12.1. The molecule has 4 heteroatoms. The summed E-state index contributed by atoms with van der Waals surface area (Å²) in [6, 6.07) is 5.64. The van der Waals surface area contributed by atoms with E-state index in [0.717, 1.165) is 5.69 Å². The molecule has 0 fully saturated rings. The summed E-state index contributed by atoms with van der Waals surface area (Å²) in [5, 5.41) is 9.60. The smallest absolute Gasteiger partial charge is 0.0828 e. The molecule has 4 nitrogen and oxygen atoms in total. The van der Waals surface area contributed by atoms with Gasteiger partial charge in [-0.15, -0.1) is 0 Å². The molecule has 1 N–H and O–H groups in total. The normalized spacial score (nSPS) is 12.7. The van der Waals surface area contributed by atoms with Gasteiger partial charge in [-0.2, -0.15) is 0 Å². The molecule has 1 rings (SSSR count). The second kappa shape index (κ2) is 7.34. The highest BCUT2D eigenvalue weighted by Gasteiger charge is 2.05. The van der Waals surface area contributed by atoms with Gasteiger partial charge in [0.2, 0.25) is 0 Å². The van der Waals surface area contributed by atoms with Crippen molar-refractivity contribution in [3.63, 3.8) is 0 Å². The average Bonchev–Trinajstić information content (AvgIpc) is 2.26. The quantitative estimate of drug-likeness (QED) is 0.673. The summed E-state index contributed by atoms with van der Waals surface area (Å²) in [6.45, 7) is 1.38. The third-order valence-corrected chi connectivity index (χ3v) is 1.91. The predicted octanol–water partition coefficient (Wildman–Crippen LogP) is 0.648. The van der Waals surface area contributed by atoms with Gasteiger partial charge in [-0.25, -0.2) is 0 Å². The molecule has 1 aromatic heterocycles. The van der Waals surface area contributed by atoms with Gasteiger partial charge in [0.05, 0.1) is 25.9 Å². The van der Waals surface area contributed by atoms with Gasteiger partial charge in [-0.1, -0.05) is 6.07 Å². The molecule has 0 spiro atoms. The van der Waals surface area contributed by atoms with Crippen LogP contribution in [0.2, 0.25) is 0 Å². The van der Waals surface area contributed by atoms with Crippen molar-refractivity contribution in [1.29, 1.82) is 0 Å². The Balaban J connectivity index is 2.16. The summed E-state index contributed by atoms with van der Waals surface area (Å²) in [4.78, 5) is 4.12. The summed E-state index contributed by atoms with van der Waals surface area (Å²) in [6.07, 6.45) is 1.73. The lowest BCUT2D eigenvalue weighted by Crippen LogP contribution is -2.20. The van der Waals surface area contributed by atoms with Gasteiger partial charge in [0, 0.05) is 25.4 Å². The van der Waals surface area contributed by atoms with E-state index in [1.807, 2.05) is 18.2 Å². The first-order valence-corrected chi connectivity index (χ1v) is 4.97. The van der Waals surface area contributed by atoms with Crippen molar-refractivity contribution in [2.75, 3.05) is 26.9 Å². The SMILES string of the molecule is COCCOCC(O)Cc1ccccn1. The van der Waals surface area contributed by atoms with Gasteiger partial charge in [-0.05, 0) is 12.1 Å². The Bertz CT molecular complexity index is 253. The Kier molecular flexibility index (Phi) is 5.92. The Morgan fingerprint density at radius 3 is 2.93 bits per heavy atom. The van der Waals surface area contributed by atoms with Crippen LogP contribution >= 0.6 is 0 Å². The van der Waals surface area contributed by atoms with Crippen molar-refractivity contribution >= 4 is 0 Å². The van der Waals surface area contributed by atoms with E-state index in [2.05, 4.69) is 4.98 Å². The molecule has 0 aromatic carbocycles. The van der Waals surface area contributed by atoms with Gasteiger partial charge in [-0.3, -0.25) is 4.98 Å². The highest BCUT2D eigenvalue weighted by Crippen LogP contribution is 1.99. The minimum atomic E-state index is -0.503. The molecular formula is C11H17NO3. The first-order valence-electron chi connectivity index (χ1n) is 4.97. The lowest BCUT2D eigenvalue weighted by atomic mass is 10.2. The molecule has 0 radical (unpaired) electrons. The number of ether oxygens (including phenoxy) is 2. The zero-order valence-electron chi connectivity index (χ0n) is 8.93. The van der Waals surface area contributed by atoms with Gasteiger partial charge < -0.3 is 14.6 Å². The molecule has 0 amide bonds. The average molecular weight is 211 g/mol. The summed E-state index contributed by atoms with van der Waals surface area (Å²) in [5.41, 5.74) is 0.875.